The van der Waals surface area contributed by atoms with E-state index >= 15 is 0 Å². The maximum atomic E-state index is 13.5. The molecule has 0 radical (unpaired) electrons. The summed E-state index contributed by atoms with van der Waals surface area (Å²) < 4.78 is 18.6. The number of hydrogen-bond donors (Lipinski definition) is 1. The molecule has 0 aromatic heterocycles. The molecule has 0 fully saturated rings. The van der Waals surface area contributed by atoms with Gasteiger partial charge in [-0.05, 0) is 38.0 Å². The maximum Gasteiger partial charge on any atom is 0.181 e. The van der Waals surface area contributed by atoms with Gasteiger partial charge in [0.25, 0.3) is 0 Å². The van der Waals surface area contributed by atoms with E-state index in [0.29, 0.717) is 6.42 Å². The van der Waals surface area contributed by atoms with Crippen molar-refractivity contribution in [3.05, 3.63) is 29.6 Å². The maximum absolute atomic E-state index is 13.5. The molecule has 86 valence electrons. The number of halogens is 1. The summed E-state index contributed by atoms with van der Waals surface area (Å²) in [5.41, 5.74) is 6.44. The van der Waals surface area contributed by atoms with Crippen molar-refractivity contribution in [3.63, 3.8) is 0 Å². The molecule has 1 aromatic carbocycles. The molecule has 4 heteroatoms. The highest BCUT2D eigenvalue weighted by Gasteiger charge is 2.09. The monoisotopic (exact) mass is 222 g/mol. The van der Waals surface area contributed by atoms with Crippen molar-refractivity contribution in [2.45, 2.75) is 32.4 Å². The van der Waals surface area contributed by atoms with Gasteiger partial charge in [0.05, 0.1) is 0 Å². The Balaban J connectivity index is 2.80. The van der Waals surface area contributed by atoms with E-state index in [1.54, 1.807) is 13.0 Å². The van der Waals surface area contributed by atoms with Gasteiger partial charge >= 0.3 is 0 Å². The van der Waals surface area contributed by atoms with Crippen LogP contribution in [0, 0.1) is 17.1 Å². The smallest absolute Gasteiger partial charge is 0.181 e. The van der Waals surface area contributed by atoms with Gasteiger partial charge in [0.2, 0.25) is 0 Å². The van der Waals surface area contributed by atoms with Crippen LogP contribution >= 0.6 is 0 Å². The summed E-state index contributed by atoms with van der Waals surface area (Å²) in [6.45, 7) is 3.43. The van der Waals surface area contributed by atoms with Crippen LogP contribution in [0.5, 0.6) is 5.75 Å². The number of nitrogens with two attached hydrogens (primary N) is 1. The van der Waals surface area contributed by atoms with Crippen molar-refractivity contribution in [1.82, 2.24) is 0 Å². The van der Waals surface area contributed by atoms with Crippen LogP contribution in [0.15, 0.2) is 18.2 Å². The first-order valence-corrected chi connectivity index (χ1v) is 5.13. The molecule has 0 aliphatic rings. The topological polar surface area (TPSA) is 59.0 Å². The zero-order valence-corrected chi connectivity index (χ0v) is 9.40. The summed E-state index contributed by atoms with van der Waals surface area (Å²) in [5.74, 6) is -0.359. The molecule has 0 spiro atoms. The largest absolute Gasteiger partial charge is 0.473 e. The number of nitriles is 1. The number of rotatable bonds is 4. The minimum Gasteiger partial charge on any atom is -0.473 e. The van der Waals surface area contributed by atoms with Crippen LogP contribution in [0.25, 0.3) is 0 Å². The van der Waals surface area contributed by atoms with Gasteiger partial charge < -0.3 is 10.5 Å². The molecular weight excluding hydrogens is 207 g/mol. The molecule has 0 saturated heterocycles. The summed E-state index contributed by atoms with van der Waals surface area (Å²) in [6.07, 6.45) is -0.0425. The molecule has 0 aliphatic carbocycles. The average Bonchev–Trinajstić information content (AvgIpc) is 2.21. The molecule has 1 aromatic rings. The molecule has 0 bridgehead atoms. The van der Waals surface area contributed by atoms with Crippen LogP contribution in [-0.4, -0.2) is 12.1 Å². The number of benzene rings is 1. The van der Waals surface area contributed by atoms with Crippen LogP contribution in [0.1, 0.15) is 19.4 Å². The van der Waals surface area contributed by atoms with Crippen molar-refractivity contribution in [3.8, 4) is 11.8 Å². The minimum atomic E-state index is -0.659. The first-order valence-electron chi connectivity index (χ1n) is 5.13. The lowest BCUT2D eigenvalue weighted by atomic mass is 10.1. The quantitative estimate of drug-likeness (QED) is 0.847. The Morgan fingerprint density at radius 1 is 1.50 bits per heavy atom. The van der Waals surface area contributed by atoms with Crippen LogP contribution in [0.2, 0.25) is 0 Å². The molecule has 0 aliphatic heterocycles. The average molecular weight is 222 g/mol. The predicted molar refractivity (Wildman–Crippen MR) is 59.5 cm³/mol. The van der Waals surface area contributed by atoms with Gasteiger partial charge in [-0.3, -0.25) is 0 Å². The highest BCUT2D eigenvalue weighted by Crippen LogP contribution is 2.20. The van der Waals surface area contributed by atoms with E-state index in [1.807, 2.05) is 13.0 Å². The lowest BCUT2D eigenvalue weighted by Gasteiger charge is -2.10. The van der Waals surface area contributed by atoms with Crippen molar-refractivity contribution in [1.29, 1.82) is 5.26 Å². The molecule has 3 nitrogen and oxygen atoms in total. The van der Waals surface area contributed by atoms with Gasteiger partial charge in [-0.2, -0.15) is 5.26 Å². The second kappa shape index (κ2) is 5.47. The molecule has 1 rings (SSSR count). The first kappa shape index (κ1) is 12.5. The molecule has 2 atom stereocenters. The van der Waals surface area contributed by atoms with Crippen molar-refractivity contribution in [2.24, 2.45) is 5.73 Å². The molecule has 0 saturated carbocycles. The minimum absolute atomic E-state index is 0.01000. The molecule has 2 unspecified atom stereocenters. The SMILES string of the molecule is CC(N)Cc1ccc(OC(C)C#N)c(F)c1. The Morgan fingerprint density at radius 2 is 2.19 bits per heavy atom. The fourth-order valence-corrected chi connectivity index (χ4v) is 1.36. The number of hydrogen-bond acceptors (Lipinski definition) is 3. The van der Waals surface area contributed by atoms with Crippen LogP contribution in [-0.2, 0) is 6.42 Å². The Hall–Kier alpha value is -1.60. The van der Waals surface area contributed by atoms with Gasteiger partial charge in [-0.15, -0.1) is 0 Å². The highest BCUT2D eigenvalue weighted by atomic mass is 19.1. The highest BCUT2D eigenvalue weighted by molar-refractivity contribution is 5.30. The lowest BCUT2D eigenvalue weighted by molar-refractivity contribution is 0.263. The van der Waals surface area contributed by atoms with Crippen molar-refractivity contribution < 1.29 is 9.13 Å². The van der Waals surface area contributed by atoms with Crippen molar-refractivity contribution >= 4 is 0 Å². The zero-order valence-electron chi connectivity index (χ0n) is 9.40. The van der Waals surface area contributed by atoms with E-state index in [0.717, 1.165) is 5.56 Å². The summed E-state index contributed by atoms with van der Waals surface area (Å²) in [6, 6.07) is 6.54. The Kier molecular flexibility index (Phi) is 4.27. The van der Waals surface area contributed by atoms with E-state index in [4.69, 9.17) is 15.7 Å². The number of ether oxygens (including phenoxy) is 1. The summed E-state index contributed by atoms with van der Waals surface area (Å²) >= 11 is 0. The molecule has 2 N–H and O–H groups in total. The zero-order chi connectivity index (χ0) is 12.1. The Labute approximate surface area is 94.6 Å². The standard InChI is InChI=1S/C12H15FN2O/c1-8(15)5-10-3-4-12(11(13)6-10)16-9(2)7-14/h3-4,6,8-9H,5,15H2,1-2H3. The third-order valence-electron chi connectivity index (χ3n) is 2.04. The molecule has 0 amide bonds. The Bertz CT molecular complexity index is 398. The van der Waals surface area contributed by atoms with Gasteiger partial charge in [-0.1, -0.05) is 6.07 Å². The van der Waals surface area contributed by atoms with Crippen molar-refractivity contribution in [2.75, 3.05) is 0 Å². The summed E-state index contributed by atoms with van der Waals surface area (Å²) in [7, 11) is 0. The van der Waals surface area contributed by atoms with E-state index < -0.39 is 11.9 Å². The normalized spacial score (nSPS) is 13.9. The second-order valence-corrected chi connectivity index (χ2v) is 3.84. The lowest BCUT2D eigenvalue weighted by Crippen LogP contribution is -2.18. The van der Waals surface area contributed by atoms with Gasteiger partial charge in [0, 0.05) is 6.04 Å². The fourth-order valence-electron chi connectivity index (χ4n) is 1.36. The first-order chi connectivity index (χ1) is 7.52. The second-order valence-electron chi connectivity index (χ2n) is 3.84. The number of nitrogens with zero attached hydrogens (tertiary/aromatic N) is 1. The molecule has 0 heterocycles. The summed E-state index contributed by atoms with van der Waals surface area (Å²) in [5, 5.41) is 8.55. The van der Waals surface area contributed by atoms with E-state index in [2.05, 4.69) is 0 Å². The van der Waals surface area contributed by atoms with Crippen LogP contribution < -0.4 is 10.5 Å². The predicted octanol–water partition coefficient (Wildman–Crippen LogP) is 2.01. The van der Waals surface area contributed by atoms with Gasteiger partial charge in [0.15, 0.2) is 17.7 Å². The molecule has 16 heavy (non-hydrogen) atoms. The molecular formula is C12H15FN2O. The summed E-state index contributed by atoms with van der Waals surface area (Å²) in [4.78, 5) is 0. The Morgan fingerprint density at radius 3 is 2.69 bits per heavy atom. The third-order valence-corrected chi connectivity index (χ3v) is 2.04. The van der Waals surface area contributed by atoms with E-state index in [9.17, 15) is 4.39 Å². The van der Waals surface area contributed by atoms with Crippen LogP contribution in [0.4, 0.5) is 4.39 Å². The van der Waals surface area contributed by atoms with Gasteiger partial charge in [-0.25, -0.2) is 4.39 Å². The van der Waals surface area contributed by atoms with Gasteiger partial charge in [0.1, 0.15) is 6.07 Å². The third kappa shape index (κ3) is 3.52. The van der Waals surface area contributed by atoms with E-state index in [-0.39, 0.29) is 11.8 Å². The fraction of sp³-hybridized carbons (Fsp3) is 0.417. The van der Waals surface area contributed by atoms with E-state index in [1.165, 1.54) is 12.1 Å². The van der Waals surface area contributed by atoms with Crippen LogP contribution in [0.3, 0.4) is 0 Å².